The summed E-state index contributed by atoms with van der Waals surface area (Å²) in [7, 11) is 0. The van der Waals surface area contributed by atoms with Gasteiger partial charge in [0.15, 0.2) is 0 Å². The zero-order chi connectivity index (χ0) is 15.6. The molecule has 124 valence electrons. The first-order chi connectivity index (χ1) is 11.3. The number of aliphatic hydroxyl groups is 1. The van der Waals surface area contributed by atoms with Crippen LogP contribution in [0.2, 0.25) is 0 Å². The quantitative estimate of drug-likeness (QED) is 0.930. The Kier molecular flexibility index (Phi) is 4.52. The maximum atomic E-state index is 9.93. The smallest absolute Gasteiger partial charge is 0.0864 e. The summed E-state index contributed by atoms with van der Waals surface area (Å²) in [5.74, 6) is 0.141. The van der Waals surface area contributed by atoms with Crippen molar-refractivity contribution in [1.82, 2.24) is 4.90 Å². The predicted octanol–water partition coefficient (Wildman–Crippen LogP) is 3.19. The highest BCUT2D eigenvalue weighted by molar-refractivity contribution is 5.54. The van der Waals surface area contributed by atoms with E-state index in [4.69, 9.17) is 4.74 Å². The molecule has 0 amide bonds. The molecular formula is C20H27NO2. The molecule has 3 fully saturated rings. The van der Waals surface area contributed by atoms with Crippen molar-refractivity contribution >= 4 is 6.08 Å². The Balaban J connectivity index is 1.37. The van der Waals surface area contributed by atoms with Gasteiger partial charge in [-0.3, -0.25) is 4.90 Å². The summed E-state index contributed by atoms with van der Waals surface area (Å²) in [6, 6.07) is 9.56. The van der Waals surface area contributed by atoms with E-state index in [9.17, 15) is 5.11 Å². The monoisotopic (exact) mass is 313 g/mol. The van der Waals surface area contributed by atoms with Crippen molar-refractivity contribution in [3.05, 3.63) is 41.0 Å². The molecule has 2 saturated heterocycles. The minimum atomic E-state index is -0.352. The standard InChI is InChI=1S/C20H27NO2/c22-20-14-23-13-19(20)17-6-4-15(5-7-17)12-16-8-10-21(11-9-16)18-2-1-3-18/h4-7,12,18-20,22H,1-3,8-11,13-14H2. The van der Waals surface area contributed by atoms with E-state index in [-0.39, 0.29) is 12.0 Å². The molecule has 3 heteroatoms. The molecule has 2 unspecified atom stereocenters. The third-order valence-electron chi connectivity index (χ3n) is 5.82. The van der Waals surface area contributed by atoms with Gasteiger partial charge in [0, 0.05) is 25.0 Å². The number of nitrogens with zero attached hydrogens (tertiary/aromatic N) is 1. The highest BCUT2D eigenvalue weighted by Crippen LogP contribution is 2.30. The first-order valence-corrected chi connectivity index (χ1v) is 9.09. The summed E-state index contributed by atoms with van der Waals surface area (Å²) in [4.78, 5) is 2.69. The van der Waals surface area contributed by atoms with Crippen LogP contribution in [0.15, 0.2) is 29.8 Å². The maximum Gasteiger partial charge on any atom is 0.0864 e. The molecule has 0 spiro atoms. The van der Waals surface area contributed by atoms with Crippen molar-refractivity contribution in [1.29, 1.82) is 0 Å². The molecular weight excluding hydrogens is 286 g/mol. The lowest BCUT2D eigenvalue weighted by Crippen LogP contribution is -2.43. The number of ether oxygens (including phenoxy) is 1. The van der Waals surface area contributed by atoms with Crippen LogP contribution in [0.1, 0.15) is 49.1 Å². The third kappa shape index (κ3) is 3.37. The third-order valence-corrected chi connectivity index (χ3v) is 5.82. The van der Waals surface area contributed by atoms with Gasteiger partial charge in [-0.1, -0.05) is 42.3 Å². The van der Waals surface area contributed by atoms with E-state index in [0.29, 0.717) is 13.2 Å². The molecule has 23 heavy (non-hydrogen) atoms. The van der Waals surface area contributed by atoms with Crippen molar-refractivity contribution in [3.8, 4) is 0 Å². The number of hydrogen-bond acceptors (Lipinski definition) is 3. The lowest BCUT2D eigenvalue weighted by Gasteiger charge is -2.40. The molecule has 3 aliphatic rings. The summed E-state index contributed by atoms with van der Waals surface area (Å²) in [5.41, 5.74) is 4.06. The van der Waals surface area contributed by atoms with Crippen LogP contribution in [0, 0.1) is 0 Å². The van der Waals surface area contributed by atoms with Crippen LogP contribution < -0.4 is 0 Å². The highest BCUT2D eigenvalue weighted by atomic mass is 16.5. The summed E-state index contributed by atoms with van der Waals surface area (Å²) in [6.07, 6.45) is 8.70. The van der Waals surface area contributed by atoms with E-state index in [0.717, 1.165) is 6.04 Å². The first kappa shape index (κ1) is 15.4. The molecule has 3 nitrogen and oxygen atoms in total. The van der Waals surface area contributed by atoms with Gasteiger partial charge in [0.1, 0.15) is 0 Å². The fraction of sp³-hybridized carbons (Fsp3) is 0.600. The molecule has 2 aliphatic heterocycles. The van der Waals surface area contributed by atoms with Gasteiger partial charge in [-0.05, 0) is 36.8 Å². The molecule has 1 aromatic rings. The Morgan fingerprint density at radius 3 is 2.35 bits per heavy atom. The molecule has 2 atom stereocenters. The summed E-state index contributed by atoms with van der Waals surface area (Å²) >= 11 is 0. The lowest BCUT2D eigenvalue weighted by molar-refractivity contribution is 0.118. The second kappa shape index (κ2) is 6.76. The fourth-order valence-corrected chi connectivity index (χ4v) is 4.01. The van der Waals surface area contributed by atoms with Gasteiger partial charge in [-0.2, -0.15) is 0 Å². The molecule has 4 rings (SSSR count). The van der Waals surface area contributed by atoms with Crippen molar-refractivity contribution in [2.45, 2.75) is 50.2 Å². The minimum absolute atomic E-state index is 0.141. The Hall–Kier alpha value is -1.16. The number of aliphatic hydroxyl groups excluding tert-OH is 1. The van der Waals surface area contributed by atoms with E-state index < -0.39 is 0 Å². The Labute approximate surface area is 139 Å². The number of rotatable bonds is 3. The van der Waals surface area contributed by atoms with E-state index >= 15 is 0 Å². The Bertz CT molecular complexity index is 552. The van der Waals surface area contributed by atoms with Crippen LogP contribution in [0.4, 0.5) is 0 Å². The van der Waals surface area contributed by atoms with E-state index in [2.05, 4.69) is 35.2 Å². The van der Waals surface area contributed by atoms with Crippen LogP contribution >= 0.6 is 0 Å². The van der Waals surface area contributed by atoms with Crippen molar-refractivity contribution in [3.63, 3.8) is 0 Å². The molecule has 1 N–H and O–H groups in total. The van der Waals surface area contributed by atoms with E-state index in [1.165, 1.54) is 56.3 Å². The molecule has 1 aromatic carbocycles. The number of piperidine rings is 1. The van der Waals surface area contributed by atoms with Crippen LogP contribution in [0.5, 0.6) is 0 Å². The summed E-state index contributed by atoms with van der Waals surface area (Å²) < 4.78 is 5.35. The second-order valence-corrected chi connectivity index (χ2v) is 7.30. The van der Waals surface area contributed by atoms with Crippen LogP contribution in [-0.2, 0) is 4.74 Å². The zero-order valence-electron chi connectivity index (χ0n) is 13.8. The van der Waals surface area contributed by atoms with Crippen molar-refractivity contribution in [2.75, 3.05) is 26.3 Å². The fourth-order valence-electron chi connectivity index (χ4n) is 4.01. The van der Waals surface area contributed by atoms with Gasteiger partial charge in [-0.15, -0.1) is 0 Å². The minimum Gasteiger partial charge on any atom is -0.390 e. The molecule has 0 bridgehead atoms. The molecule has 1 aliphatic carbocycles. The average Bonchev–Trinajstić information content (AvgIpc) is 2.94. The number of hydrogen-bond donors (Lipinski definition) is 1. The van der Waals surface area contributed by atoms with Gasteiger partial charge < -0.3 is 9.84 Å². The normalized spacial score (nSPS) is 29.5. The molecule has 0 aromatic heterocycles. The van der Waals surface area contributed by atoms with Gasteiger partial charge in [-0.25, -0.2) is 0 Å². The van der Waals surface area contributed by atoms with E-state index in [1.54, 1.807) is 5.57 Å². The Morgan fingerprint density at radius 1 is 1.04 bits per heavy atom. The summed E-state index contributed by atoms with van der Waals surface area (Å²) in [5, 5.41) is 9.93. The average molecular weight is 313 g/mol. The highest BCUT2D eigenvalue weighted by Gasteiger charge is 2.28. The van der Waals surface area contributed by atoms with Gasteiger partial charge in [0.2, 0.25) is 0 Å². The van der Waals surface area contributed by atoms with Gasteiger partial charge in [0.05, 0.1) is 19.3 Å². The maximum absolute atomic E-state index is 9.93. The van der Waals surface area contributed by atoms with Gasteiger partial charge >= 0.3 is 0 Å². The van der Waals surface area contributed by atoms with Crippen LogP contribution in [0.25, 0.3) is 6.08 Å². The van der Waals surface area contributed by atoms with Crippen LogP contribution in [-0.4, -0.2) is 48.5 Å². The topological polar surface area (TPSA) is 32.7 Å². The largest absolute Gasteiger partial charge is 0.390 e. The second-order valence-electron chi connectivity index (χ2n) is 7.30. The SMILES string of the molecule is OC1COCC1c1ccc(C=C2CCN(C3CCC3)CC2)cc1. The first-order valence-electron chi connectivity index (χ1n) is 9.09. The number of benzene rings is 1. The summed E-state index contributed by atoms with van der Waals surface area (Å²) in [6.45, 7) is 3.58. The molecule has 1 saturated carbocycles. The van der Waals surface area contributed by atoms with Gasteiger partial charge in [0.25, 0.3) is 0 Å². The van der Waals surface area contributed by atoms with Crippen molar-refractivity contribution < 1.29 is 9.84 Å². The van der Waals surface area contributed by atoms with Crippen molar-refractivity contribution in [2.24, 2.45) is 0 Å². The molecule has 0 radical (unpaired) electrons. The Morgan fingerprint density at radius 2 is 1.78 bits per heavy atom. The lowest BCUT2D eigenvalue weighted by atomic mass is 9.89. The van der Waals surface area contributed by atoms with Crippen LogP contribution in [0.3, 0.4) is 0 Å². The zero-order valence-corrected chi connectivity index (χ0v) is 13.8. The number of likely N-dealkylation sites (tertiary alicyclic amines) is 1. The molecule has 2 heterocycles. The predicted molar refractivity (Wildman–Crippen MR) is 92.4 cm³/mol. The van der Waals surface area contributed by atoms with E-state index in [1.807, 2.05) is 0 Å².